The average molecular weight is 356 g/mol. The third-order valence-electron chi connectivity index (χ3n) is 4.69. The second-order valence-electron chi connectivity index (χ2n) is 6.61. The molecule has 0 radical (unpaired) electrons. The van der Waals surface area contributed by atoms with Gasteiger partial charge in [0, 0.05) is 45.1 Å². The Hall–Kier alpha value is -1.45. The lowest BCUT2D eigenvalue weighted by Gasteiger charge is -2.36. The van der Waals surface area contributed by atoms with Gasteiger partial charge in [-0.15, -0.1) is 0 Å². The van der Waals surface area contributed by atoms with E-state index in [9.17, 15) is 18.3 Å². The van der Waals surface area contributed by atoms with Crippen molar-refractivity contribution in [2.24, 2.45) is 5.92 Å². The van der Waals surface area contributed by atoms with Gasteiger partial charge in [0.15, 0.2) is 9.84 Å². The zero-order chi connectivity index (χ0) is 17.2. The summed E-state index contributed by atoms with van der Waals surface area (Å²) in [7, 11) is -3.03. The normalized spacial score (nSPS) is 25.7. The highest BCUT2D eigenvalue weighted by Crippen LogP contribution is 2.21. The fourth-order valence-electron chi connectivity index (χ4n) is 3.38. The van der Waals surface area contributed by atoms with Gasteiger partial charge in [-0.2, -0.15) is 5.10 Å². The summed E-state index contributed by atoms with van der Waals surface area (Å²) in [6.45, 7) is 3.56. The molecule has 1 amide bonds. The second kappa shape index (κ2) is 7.20. The Morgan fingerprint density at radius 1 is 1.25 bits per heavy atom. The Morgan fingerprint density at radius 3 is 2.58 bits per heavy atom. The predicted octanol–water partition coefficient (Wildman–Crippen LogP) is -1.18. The Kier molecular flexibility index (Phi) is 5.21. The number of β-amino-alcohol motifs (C(OH)–C–C–N with tert-alkyl or cyclic N) is 1. The van der Waals surface area contributed by atoms with E-state index >= 15 is 0 Å². The topological polar surface area (TPSA) is 95.7 Å². The fourth-order valence-corrected chi connectivity index (χ4v) is 5.11. The van der Waals surface area contributed by atoms with Crippen LogP contribution in [0, 0.1) is 5.92 Å². The Labute approximate surface area is 142 Å². The van der Waals surface area contributed by atoms with Crippen LogP contribution in [0.4, 0.5) is 0 Å². The number of rotatable bonds is 5. The molecular weight excluding hydrogens is 332 g/mol. The predicted molar refractivity (Wildman–Crippen MR) is 88.0 cm³/mol. The maximum Gasteiger partial charge on any atom is 0.226 e. The smallest absolute Gasteiger partial charge is 0.226 e. The van der Waals surface area contributed by atoms with E-state index in [0.29, 0.717) is 45.7 Å². The molecule has 134 valence electrons. The van der Waals surface area contributed by atoms with E-state index in [2.05, 4.69) is 10.00 Å². The van der Waals surface area contributed by atoms with E-state index in [4.69, 9.17) is 0 Å². The molecule has 3 heterocycles. The molecule has 3 rings (SSSR count). The van der Waals surface area contributed by atoms with Gasteiger partial charge in [0.25, 0.3) is 0 Å². The minimum absolute atomic E-state index is 0.00533. The number of carbonyl (C=O) groups excluding carboxylic acids is 1. The molecule has 0 saturated carbocycles. The van der Waals surface area contributed by atoms with Crippen molar-refractivity contribution in [3.63, 3.8) is 0 Å². The molecule has 0 aromatic carbocycles. The third-order valence-corrected chi connectivity index (χ3v) is 6.46. The van der Waals surface area contributed by atoms with Crippen LogP contribution in [0.2, 0.25) is 0 Å². The third kappa shape index (κ3) is 4.34. The maximum atomic E-state index is 12.4. The van der Waals surface area contributed by atoms with Crippen LogP contribution in [0.25, 0.3) is 0 Å². The molecule has 0 spiro atoms. The molecule has 1 N–H and O–H groups in total. The van der Waals surface area contributed by atoms with Gasteiger partial charge in [-0.1, -0.05) is 0 Å². The van der Waals surface area contributed by atoms with Crippen molar-refractivity contribution < 1.29 is 18.3 Å². The molecule has 1 aromatic heterocycles. The number of nitrogens with zero attached hydrogens (tertiary/aromatic N) is 4. The molecule has 2 aliphatic heterocycles. The Bertz CT molecular complexity index is 653. The number of carbonyl (C=O) groups is 1. The highest BCUT2D eigenvalue weighted by Gasteiger charge is 2.36. The van der Waals surface area contributed by atoms with Gasteiger partial charge in [-0.3, -0.25) is 14.4 Å². The first kappa shape index (κ1) is 17.4. The van der Waals surface area contributed by atoms with Crippen molar-refractivity contribution in [3.8, 4) is 0 Å². The zero-order valence-electron chi connectivity index (χ0n) is 13.6. The van der Waals surface area contributed by atoms with E-state index in [1.807, 2.05) is 12.3 Å². The molecule has 0 unspecified atom stereocenters. The van der Waals surface area contributed by atoms with Crippen molar-refractivity contribution in [3.05, 3.63) is 18.5 Å². The van der Waals surface area contributed by atoms with Gasteiger partial charge in [0.05, 0.1) is 30.1 Å². The fraction of sp³-hybridized carbons (Fsp3) is 0.733. The van der Waals surface area contributed by atoms with Crippen molar-refractivity contribution in [1.29, 1.82) is 0 Å². The standard InChI is InChI=1S/C15H24N4O4S/c20-14(11-19-4-1-3-16-19)10-17-5-7-18(8-6-17)15(21)13-2-9-24(22,23)12-13/h1,3-4,13-14,20H,2,5-12H2/t13-,14+/m0/s1. The molecule has 8 nitrogen and oxygen atoms in total. The molecule has 24 heavy (non-hydrogen) atoms. The van der Waals surface area contributed by atoms with E-state index in [0.717, 1.165) is 0 Å². The highest BCUT2D eigenvalue weighted by atomic mass is 32.2. The SMILES string of the molecule is O=C([C@H]1CCS(=O)(=O)C1)N1CCN(C[C@@H](O)Cn2cccn2)CC1. The highest BCUT2D eigenvalue weighted by molar-refractivity contribution is 7.91. The van der Waals surface area contributed by atoms with Crippen molar-refractivity contribution in [2.45, 2.75) is 19.1 Å². The van der Waals surface area contributed by atoms with Gasteiger partial charge in [0.2, 0.25) is 5.91 Å². The van der Waals surface area contributed by atoms with E-state index in [1.54, 1.807) is 15.8 Å². The zero-order valence-corrected chi connectivity index (χ0v) is 14.4. The summed E-state index contributed by atoms with van der Waals surface area (Å²) in [5.41, 5.74) is 0. The van der Waals surface area contributed by atoms with Crippen LogP contribution in [-0.4, -0.2) is 89.3 Å². The second-order valence-corrected chi connectivity index (χ2v) is 8.84. The molecule has 2 aliphatic rings. The summed E-state index contributed by atoms with van der Waals surface area (Å²) in [5, 5.41) is 14.2. The minimum atomic E-state index is -3.03. The number of sulfone groups is 1. The summed E-state index contributed by atoms with van der Waals surface area (Å²) in [4.78, 5) is 16.3. The molecule has 2 saturated heterocycles. The number of amides is 1. The quantitative estimate of drug-likeness (QED) is 0.714. The van der Waals surface area contributed by atoms with Gasteiger partial charge < -0.3 is 10.0 Å². The first-order valence-electron chi connectivity index (χ1n) is 8.30. The molecule has 2 fully saturated rings. The van der Waals surface area contributed by atoms with Crippen LogP contribution in [0.1, 0.15) is 6.42 Å². The summed E-state index contributed by atoms with van der Waals surface area (Å²) in [6.07, 6.45) is 3.44. The van der Waals surface area contributed by atoms with Crippen molar-refractivity contribution in [1.82, 2.24) is 19.6 Å². The van der Waals surface area contributed by atoms with Crippen LogP contribution in [-0.2, 0) is 21.2 Å². The monoisotopic (exact) mass is 356 g/mol. The van der Waals surface area contributed by atoms with Crippen molar-refractivity contribution in [2.75, 3.05) is 44.2 Å². The van der Waals surface area contributed by atoms with E-state index < -0.39 is 15.9 Å². The lowest BCUT2D eigenvalue weighted by molar-refractivity contribution is -0.136. The van der Waals surface area contributed by atoms with E-state index in [-0.39, 0.29) is 23.3 Å². The van der Waals surface area contributed by atoms with Crippen LogP contribution < -0.4 is 0 Å². The number of aromatic nitrogens is 2. The van der Waals surface area contributed by atoms with Crippen LogP contribution in [0.5, 0.6) is 0 Å². The average Bonchev–Trinajstić information content (AvgIpc) is 3.16. The number of aliphatic hydroxyl groups is 1. The van der Waals surface area contributed by atoms with Crippen LogP contribution >= 0.6 is 0 Å². The molecular formula is C15H24N4O4S. The first-order valence-corrected chi connectivity index (χ1v) is 10.1. The number of hydrogen-bond donors (Lipinski definition) is 1. The van der Waals surface area contributed by atoms with E-state index in [1.165, 1.54) is 0 Å². The lowest BCUT2D eigenvalue weighted by Crippen LogP contribution is -2.52. The summed E-state index contributed by atoms with van der Waals surface area (Å²) >= 11 is 0. The van der Waals surface area contributed by atoms with Gasteiger partial charge in [-0.25, -0.2) is 8.42 Å². The van der Waals surface area contributed by atoms with Gasteiger partial charge in [-0.05, 0) is 12.5 Å². The Balaban J connectivity index is 1.43. The first-order chi connectivity index (χ1) is 11.4. The van der Waals surface area contributed by atoms with Gasteiger partial charge >= 0.3 is 0 Å². The number of aliphatic hydroxyl groups excluding tert-OH is 1. The number of piperazine rings is 1. The maximum absolute atomic E-state index is 12.4. The summed E-state index contributed by atoms with van der Waals surface area (Å²) in [5.74, 6) is -0.280. The lowest BCUT2D eigenvalue weighted by atomic mass is 10.1. The van der Waals surface area contributed by atoms with Crippen molar-refractivity contribution >= 4 is 15.7 Å². The van der Waals surface area contributed by atoms with Gasteiger partial charge in [0.1, 0.15) is 0 Å². The van der Waals surface area contributed by atoms with Crippen LogP contribution in [0.15, 0.2) is 18.5 Å². The largest absolute Gasteiger partial charge is 0.390 e. The Morgan fingerprint density at radius 2 is 2.00 bits per heavy atom. The molecule has 2 atom stereocenters. The molecule has 9 heteroatoms. The van der Waals surface area contributed by atoms with Crippen LogP contribution in [0.3, 0.4) is 0 Å². The summed E-state index contributed by atoms with van der Waals surface area (Å²) in [6, 6.07) is 1.82. The molecule has 1 aromatic rings. The molecule has 0 aliphatic carbocycles. The molecule has 0 bridgehead atoms. The minimum Gasteiger partial charge on any atom is -0.390 e. The number of hydrogen-bond acceptors (Lipinski definition) is 6. The summed E-state index contributed by atoms with van der Waals surface area (Å²) < 4.78 is 24.7.